The highest BCUT2D eigenvalue weighted by Gasteiger charge is 2.35. The summed E-state index contributed by atoms with van der Waals surface area (Å²) in [6, 6.07) is 0. The van der Waals surface area contributed by atoms with Crippen molar-refractivity contribution in [3.63, 3.8) is 0 Å². The molecule has 0 N–H and O–H groups in total. The summed E-state index contributed by atoms with van der Waals surface area (Å²) >= 11 is 0. The lowest BCUT2D eigenvalue weighted by Crippen LogP contribution is -2.24. The summed E-state index contributed by atoms with van der Waals surface area (Å²) in [5.41, 5.74) is -0.722. The van der Waals surface area contributed by atoms with Crippen LogP contribution in [0.15, 0.2) is 50.6 Å². The number of rotatable bonds is 8. The Bertz CT molecular complexity index is 751. The predicted molar refractivity (Wildman–Crippen MR) is 150 cm³/mol. The Kier molecular flexibility index (Phi) is 12.9. The molecule has 3 aliphatic carbocycles. The minimum Gasteiger partial charge on any atom is -0.460 e. The van der Waals surface area contributed by atoms with Crippen molar-refractivity contribution in [1.29, 1.82) is 0 Å². The van der Waals surface area contributed by atoms with Crippen LogP contribution in [0.1, 0.15) is 92.9 Å². The van der Waals surface area contributed by atoms with E-state index < -0.39 is 0 Å². The molecule has 3 rings (SSSR count). The van der Waals surface area contributed by atoms with Crippen LogP contribution < -0.4 is 0 Å². The maximum Gasteiger partial charge on any atom is 0.306 e. The van der Waals surface area contributed by atoms with E-state index in [0.717, 1.165) is 43.4 Å². The van der Waals surface area contributed by atoms with Gasteiger partial charge < -0.3 is 9.47 Å². The molecule has 0 radical (unpaired) electrons. The average molecular weight is 501 g/mol. The van der Waals surface area contributed by atoms with Gasteiger partial charge in [0.05, 0.1) is 0 Å². The fourth-order valence-corrected chi connectivity index (χ4v) is 5.63. The number of allylic oxidation sites excluding steroid dienone is 4. The molecule has 2 saturated carbocycles. The normalized spacial score (nSPS) is 28.3. The van der Waals surface area contributed by atoms with Gasteiger partial charge in [0.15, 0.2) is 0 Å². The molecule has 36 heavy (non-hydrogen) atoms. The van der Waals surface area contributed by atoms with Crippen LogP contribution in [0.3, 0.4) is 0 Å². The van der Waals surface area contributed by atoms with Crippen LogP contribution in [0.2, 0.25) is 0 Å². The molecule has 6 unspecified atom stereocenters. The molecule has 4 heteroatoms. The molecular weight excluding hydrogens is 448 g/mol. The predicted octanol–water partition coefficient (Wildman–Crippen LogP) is 8.25. The molecule has 4 nitrogen and oxygen atoms in total. The Morgan fingerprint density at radius 3 is 1.69 bits per heavy atom. The molecule has 0 aliphatic heterocycles. The van der Waals surface area contributed by atoms with Gasteiger partial charge in [-0.05, 0) is 116 Å². The van der Waals surface area contributed by atoms with Gasteiger partial charge in [0.25, 0.3) is 0 Å². The molecule has 0 aromatic heterocycles. The molecule has 0 spiro atoms. The van der Waals surface area contributed by atoms with Gasteiger partial charge >= 0.3 is 11.9 Å². The lowest BCUT2D eigenvalue weighted by molar-refractivity contribution is -0.156. The van der Waals surface area contributed by atoms with Gasteiger partial charge in [-0.3, -0.25) is 9.59 Å². The summed E-state index contributed by atoms with van der Waals surface area (Å²) in [7, 11) is 0. The van der Waals surface area contributed by atoms with Gasteiger partial charge in [-0.1, -0.05) is 24.3 Å². The molecule has 0 aromatic rings. The summed E-state index contributed by atoms with van der Waals surface area (Å²) in [5.74, 6) is 3.79. The van der Waals surface area contributed by atoms with Crippen molar-refractivity contribution in [1.82, 2.24) is 0 Å². The van der Waals surface area contributed by atoms with E-state index >= 15 is 0 Å². The monoisotopic (exact) mass is 500 g/mol. The van der Waals surface area contributed by atoms with Crippen LogP contribution in [0.25, 0.3) is 0 Å². The van der Waals surface area contributed by atoms with E-state index in [0.29, 0.717) is 30.6 Å². The van der Waals surface area contributed by atoms with Crippen molar-refractivity contribution in [2.45, 2.75) is 104 Å². The van der Waals surface area contributed by atoms with Gasteiger partial charge in [0, 0.05) is 12.8 Å². The number of carbonyl (C=O) groups is 2. The summed E-state index contributed by atoms with van der Waals surface area (Å²) in [4.78, 5) is 23.3. The first-order valence-electron chi connectivity index (χ1n) is 13.7. The number of esters is 2. The molecule has 0 amide bonds. The second-order valence-electron chi connectivity index (χ2n) is 12.4. The minimum absolute atomic E-state index is 0.0424. The number of hydrogen-bond donors (Lipinski definition) is 0. The van der Waals surface area contributed by atoms with Crippen molar-refractivity contribution in [2.75, 3.05) is 0 Å². The quantitative estimate of drug-likeness (QED) is 0.249. The van der Waals surface area contributed by atoms with Gasteiger partial charge in [-0.2, -0.15) is 0 Å². The Morgan fingerprint density at radius 2 is 1.31 bits per heavy atom. The zero-order valence-corrected chi connectivity index (χ0v) is 23.9. The molecule has 3 aliphatic rings. The summed E-state index contributed by atoms with van der Waals surface area (Å²) in [6.07, 6.45) is 16.6. The first-order chi connectivity index (χ1) is 16.8. The summed E-state index contributed by atoms with van der Waals surface area (Å²) < 4.78 is 10.7. The number of ether oxygens (including phenoxy) is 2. The zero-order valence-electron chi connectivity index (χ0n) is 23.9. The SMILES string of the molecule is C=C.C=CC1CC(C=C)C(CCC(=O)OC(C)(C)C)C1.CC(C)(C)OC(=O)CCC1CC2C=CC1C2. The summed E-state index contributed by atoms with van der Waals surface area (Å²) in [5, 5.41) is 0. The number of fused-ring (bicyclic) bond motifs is 2. The smallest absolute Gasteiger partial charge is 0.306 e. The van der Waals surface area contributed by atoms with Gasteiger partial charge in [0.1, 0.15) is 11.2 Å². The highest BCUT2D eigenvalue weighted by Crippen LogP contribution is 2.45. The molecule has 0 aromatic carbocycles. The fourth-order valence-electron chi connectivity index (χ4n) is 5.63. The highest BCUT2D eigenvalue weighted by molar-refractivity contribution is 5.70. The molecule has 0 saturated heterocycles. The Hall–Kier alpha value is -2.10. The Labute approximate surface area is 221 Å². The van der Waals surface area contributed by atoms with E-state index in [1.807, 2.05) is 53.7 Å². The van der Waals surface area contributed by atoms with Gasteiger partial charge in [0.2, 0.25) is 0 Å². The first kappa shape index (κ1) is 31.9. The number of carbonyl (C=O) groups excluding carboxylic acids is 2. The van der Waals surface area contributed by atoms with Crippen LogP contribution in [0, 0.1) is 35.5 Å². The van der Waals surface area contributed by atoms with E-state index in [4.69, 9.17) is 9.47 Å². The molecule has 0 heterocycles. The van der Waals surface area contributed by atoms with Crippen LogP contribution in [-0.4, -0.2) is 23.1 Å². The highest BCUT2D eigenvalue weighted by atomic mass is 16.6. The van der Waals surface area contributed by atoms with Crippen molar-refractivity contribution >= 4 is 11.9 Å². The lowest BCUT2D eigenvalue weighted by atomic mass is 9.89. The molecule has 2 fully saturated rings. The van der Waals surface area contributed by atoms with Crippen molar-refractivity contribution in [2.24, 2.45) is 35.5 Å². The second kappa shape index (κ2) is 14.6. The van der Waals surface area contributed by atoms with Crippen LogP contribution in [-0.2, 0) is 19.1 Å². The maximum atomic E-state index is 11.7. The number of hydrogen-bond acceptors (Lipinski definition) is 4. The molecule has 6 atom stereocenters. The van der Waals surface area contributed by atoms with Crippen molar-refractivity contribution < 1.29 is 19.1 Å². The van der Waals surface area contributed by atoms with E-state index in [2.05, 4.69) is 38.5 Å². The third-order valence-corrected chi connectivity index (χ3v) is 7.12. The Balaban J connectivity index is 0.000000338. The summed E-state index contributed by atoms with van der Waals surface area (Å²) in [6.45, 7) is 25.2. The van der Waals surface area contributed by atoms with Gasteiger partial charge in [-0.25, -0.2) is 0 Å². The largest absolute Gasteiger partial charge is 0.460 e. The fraction of sp³-hybridized carbons (Fsp3) is 0.688. The maximum absolute atomic E-state index is 11.7. The van der Waals surface area contributed by atoms with E-state index in [9.17, 15) is 9.59 Å². The van der Waals surface area contributed by atoms with Crippen molar-refractivity contribution in [3.8, 4) is 0 Å². The topological polar surface area (TPSA) is 52.6 Å². The average Bonchev–Trinajstić information content (AvgIpc) is 3.51. The van der Waals surface area contributed by atoms with E-state index in [-0.39, 0.29) is 23.1 Å². The minimum atomic E-state index is -0.381. The lowest BCUT2D eigenvalue weighted by Gasteiger charge is -2.21. The molecule has 2 bridgehead atoms. The molecular formula is C32H52O4. The first-order valence-corrected chi connectivity index (χ1v) is 13.7. The standard InChI is InChI=1S/C16H26O2.C14H22O2.C2H4/c1-6-12-10-13(7-2)14(11-12)8-9-15(17)18-16(3,4)5;1-14(2,3)16-13(15)7-6-12-9-10-4-5-11(12)8-10;1-2/h6-7,12-14H,1-2,8-11H2,3-5H3;4-5,10-12H,6-9H2,1-3H3;1-2H2. The third-order valence-electron chi connectivity index (χ3n) is 7.12. The van der Waals surface area contributed by atoms with Gasteiger partial charge in [-0.15, -0.1) is 26.3 Å². The third kappa shape index (κ3) is 11.8. The molecule has 204 valence electrons. The van der Waals surface area contributed by atoms with E-state index in [1.165, 1.54) is 12.8 Å². The Morgan fingerprint density at radius 1 is 0.778 bits per heavy atom. The van der Waals surface area contributed by atoms with Crippen molar-refractivity contribution in [3.05, 3.63) is 50.6 Å². The van der Waals surface area contributed by atoms with E-state index in [1.54, 1.807) is 0 Å². The van der Waals surface area contributed by atoms with Crippen LogP contribution >= 0.6 is 0 Å². The van der Waals surface area contributed by atoms with Crippen LogP contribution in [0.4, 0.5) is 0 Å². The zero-order chi connectivity index (χ0) is 27.5. The van der Waals surface area contributed by atoms with Crippen LogP contribution in [0.5, 0.6) is 0 Å². The second-order valence-corrected chi connectivity index (χ2v) is 12.4.